The number of anilines is 1. The molecule has 0 aliphatic heterocycles. The highest BCUT2D eigenvalue weighted by atomic mass is 32.1. The van der Waals surface area contributed by atoms with Gasteiger partial charge in [-0.1, -0.05) is 18.1 Å². The Morgan fingerprint density at radius 3 is 2.82 bits per heavy atom. The van der Waals surface area contributed by atoms with Crippen molar-refractivity contribution in [3.05, 3.63) is 40.4 Å². The van der Waals surface area contributed by atoms with E-state index in [1.54, 1.807) is 13.3 Å². The number of hydrogen-bond donors (Lipinski definition) is 1. The molecule has 3 aliphatic rings. The van der Waals surface area contributed by atoms with E-state index in [9.17, 15) is 9.59 Å². The van der Waals surface area contributed by atoms with E-state index in [-0.39, 0.29) is 23.8 Å². The summed E-state index contributed by atoms with van der Waals surface area (Å²) in [5.41, 5.74) is 3.84. The molecule has 0 saturated heterocycles. The molecule has 1 heterocycles. The quantitative estimate of drug-likeness (QED) is 0.267. The summed E-state index contributed by atoms with van der Waals surface area (Å²) in [7, 11) is 5.35. The topological polar surface area (TPSA) is 93.1 Å². The number of fused-ring (bicyclic) bond motifs is 5. The molecule has 2 aromatic rings. The number of thiazole rings is 1. The first kappa shape index (κ1) is 27.8. The van der Waals surface area contributed by atoms with Crippen molar-refractivity contribution in [3.63, 3.8) is 0 Å². The van der Waals surface area contributed by atoms with Crippen LogP contribution in [-0.2, 0) is 20.8 Å². The number of hydrogen-bond acceptors (Lipinski definition) is 8. The molecule has 210 valence electrons. The number of amides is 1. The molecule has 1 aromatic carbocycles. The summed E-state index contributed by atoms with van der Waals surface area (Å²) in [6, 6.07) is 6.21. The minimum Gasteiger partial charge on any atom is -0.426 e. The second kappa shape index (κ2) is 11.4. The number of likely N-dealkylation sites (N-methyl/N-ethyl adjacent to an activating group) is 1. The molecule has 8 nitrogen and oxygen atoms in total. The van der Waals surface area contributed by atoms with Gasteiger partial charge in [-0.2, -0.15) is 0 Å². The number of aromatic nitrogens is 1. The summed E-state index contributed by atoms with van der Waals surface area (Å²) in [5.74, 6) is 2.25. The van der Waals surface area contributed by atoms with Crippen LogP contribution in [0.1, 0.15) is 67.4 Å². The first-order valence-electron chi connectivity index (χ1n) is 14.0. The van der Waals surface area contributed by atoms with Crippen LogP contribution < -0.4 is 10.1 Å². The van der Waals surface area contributed by atoms with Crippen LogP contribution in [0.25, 0.3) is 0 Å². The molecule has 2 saturated carbocycles. The summed E-state index contributed by atoms with van der Waals surface area (Å²) in [5, 5.41) is 8.17. The molecule has 9 heteroatoms. The Balaban J connectivity index is 1.33. The Hall–Kier alpha value is -2.78. The zero-order chi connectivity index (χ0) is 27.7. The van der Waals surface area contributed by atoms with Crippen LogP contribution in [0.3, 0.4) is 0 Å². The number of oxime groups is 1. The molecular weight excluding hydrogens is 512 g/mol. The monoisotopic (exact) mass is 552 g/mol. The largest absolute Gasteiger partial charge is 0.426 e. The first-order chi connectivity index (χ1) is 18.7. The normalized spacial score (nSPS) is 28.5. The van der Waals surface area contributed by atoms with Crippen LogP contribution in [0, 0.1) is 30.1 Å². The van der Waals surface area contributed by atoms with Crippen molar-refractivity contribution in [2.45, 2.75) is 64.7 Å². The number of rotatable bonds is 8. The lowest BCUT2D eigenvalue weighted by Gasteiger charge is -2.50. The van der Waals surface area contributed by atoms with Gasteiger partial charge in [-0.15, -0.1) is 11.3 Å². The van der Waals surface area contributed by atoms with Gasteiger partial charge < -0.3 is 14.9 Å². The summed E-state index contributed by atoms with van der Waals surface area (Å²) >= 11 is 1.51. The van der Waals surface area contributed by atoms with Crippen molar-refractivity contribution in [2.75, 3.05) is 33.1 Å². The second-order valence-electron chi connectivity index (χ2n) is 11.9. The highest BCUT2D eigenvalue weighted by Crippen LogP contribution is 2.62. The minimum absolute atomic E-state index is 0.0100. The Bertz CT molecular complexity index is 1260. The fourth-order valence-corrected chi connectivity index (χ4v) is 8.23. The van der Waals surface area contributed by atoms with Crippen LogP contribution in [0.4, 0.5) is 5.13 Å². The number of esters is 1. The van der Waals surface area contributed by atoms with E-state index >= 15 is 0 Å². The van der Waals surface area contributed by atoms with Crippen LogP contribution in [0.15, 0.2) is 29.6 Å². The zero-order valence-corrected chi connectivity index (χ0v) is 24.5. The van der Waals surface area contributed by atoms with E-state index in [2.05, 4.69) is 34.5 Å². The Morgan fingerprint density at radius 1 is 1.28 bits per heavy atom. The highest BCUT2D eigenvalue weighted by Gasteiger charge is 2.57. The molecule has 0 bridgehead atoms. The van der Waals surface area contributed by atoms with Gasteiger partial charge in [0.05, 0.1) is 12.3 Å². The maximum absolute atomic E-state index is 12.8. The van der Waals surface area contributed by atoms with E-state index < -0.39 is 0 Å². The van der Waals surface area contributed by atoms with Crippen molar-refractivity contribution in [1.82, 2.24) is 9.88 Å². The molecular formula is C30H40N4O4S. The molecule has 1 amide bonds. The van der Waals surface area contributed by atoms with Crippen LogP contribution in [-0.4, -0.2) is 55.2 Å². The third-order valence-corrected chi connectivity index (χ3v) is 9.89. The van der Waals surface area contributed by atoms with Crippen molar-refractivity contribution >= 4 is 34.1 Å². The van der Waals surface area contributed by atoms with Gasteiger partial charge in [0, 0.05) is 22.9 Å². The average molecular weight is 553 g/mol. The van der Waals surface area contributed by atoms with E-state index in [1.807, 2.05) is 32.0 Å². The molecule has 5 atom stereocenters. The molecule has 2 fully saturated rings. The van der Waals surface area contributed by atoms with Crippen molar-refractivity contribution in [3.8, 4) is 5.75 Å². The zero-order valence-electron chi connectivity index (χ0n) is 23.7. The number of benzene rings is 1. The van der Waals surface area contributed by atoms with E-state index in [4.69, 9.17) is 9.57 Å². The molecule has 1 aromatic heterocycles. The minimum atomic E-state index is -0.241. The van der Waals surface area contributed by atoms with Crippen molar-refractivity contribution in [1.29, 1.82) is 0 Å². The van der Waals surface area contributed by atoms with E-state index in [0.717, 1.165) is 49.1 Å². The Labute approximate surface area is 235 Å². The van der Waals surface area contributed by atoms with Gasteiger partial charge in [0.15, 0.2) is 5.13 Å². The van der Waals surface area contributed by atoms with E-state index in [1.165, 1.54) is 22.5 Å². The number of ether oxygens (including phenoxy) is 1. The van der Waals surface area contributed by atoms with Crippen LogP contribution >= 0.6 is 11.3 Å². The van der Waals surface area contributed by atoms with Gasteiger partial charge in [-0.05, 0) is 106 Å². The molecule has 1 N–H and O–H groups in total. The lowest BCUT2D eigenvalue weighted by molar-refractivity contribution is -0.135. The standard InChI is InChI=1S/C30H40N4O4S/c1-18-16-31-29(39-18)32-26(35)11-7-20-15-25(33-37-5)30(2)13-12-23-22-10-8-21(38-27(36)17-34(3)4)14-19(22)6-9-24(23)28(20)30/h8,10,14,16,20,23-24,28H,6-7,9,11-13,15,17H2,1-5H3,(H,31,32,35)/b33-25+. The van der Waals surface area contributed by atoms with Gasteiger partial charge in [0.2, 0.25) is 5.91 Å². The molecule has 0 radical (unpaired) electrons. The predicted molar refractivity (Wildman–Crippen MR) is 153 cm³/mol. The summed E-state index contributed by atoms with van der Waals surface area (Å²) in [6.45, 7) is 4.62. The highest BCUT2D eigenvalue weighted by molar-refractivity contribution is 7.15. The first-order valence-corrected chi connectivity index (χ1v) is 14.8. The maximum Gasteiger partial charge on any atom is 0.325 e. The fourth-order valence-electron chi connectivity index (χ4n) is 7.55. The number of carbonyl (C=O) groups excluding carboxylic acids is 2. The molecule has 0 spiro atoms. The number of nitrogens with one attached hydrogen (secondary N) is 1. The summed E-state index contributed by atoms with van der Waals surface area (Å²) in [4.78, 5) is 37.5. The SMILES string of the molecule is CO/N=C1\CC(CCC(=O)Nc2ncc(C)s2)C2C3CCc4cc(OC(=O)CN(C)C)ccc4C3CCC12C. The lowest BCUT2D eigenvalue weighted by Crippen LogP contribution is -2.44. The predicted octanol–water partition coefficient (Wildman–Crippen LogP) is 5.42. The van der Waals surface area contributed by atoms with E-state index in [0.29, 0.717) is 41.0 Å². The number of nitrogens with zero attached hydrogens (tertiary/aromatic N) is 3. The number of carbonyl (C=O) groups is 2. The lowest BCUT2D eigenvalue weighted by atomic mass is 9.54. The van der Waals surface area contributed by atoms with Crippen molar-refractivity contribution in [2.24, 2.45) is 28.3 Å². The summed E-state index contributed by atoms with van der Waals surface area (Å²) < 4.78 is 5.62. The third-order valence-electron chi connectivity index (χ3n) is 9.06. The summed E-state index contributed by atoms with van der Waals surface area (Å²) in [6.07, 6.45) is 8.20. The van der Waals surface area contributed by atoms with Gasteiger partial charge >= 0.3 is 5.97 Å². The van der Waals surface area contributed by atoms with Gasteiger partial charge in [0.1, 0.15) is 12.9 Å². The smallest absolute Gasteiger partial charge is 0.325 e. The number of aryl methyl sites for hydroxylation is 2. The fraction of sp³-hybridized carbons (Fsp3) is 0.600. The third kappa shape index (κ3) is 5.75. The molecule has 5 rings (SSSR count). The Kier molecular flexibility index (Phi) is 8.10. The van der Waals surface area contributed by atoms with Crippen LogP contribution in [0.5, 0.6) is 5.75 Å². The maximum atomic E-state index is 12.8. The average Bonchev–Trinajstić information content (AvgIpc) is 3.41. The molecule has 5 unspecified atom stereocenters. The van der Waals surface area contributed by atoms with Gasteiger partial charge in [-0.25, -0.2) is 4.98 Å². The molecule has 3 aliphatic carbocycles. The Morgan fingerprint density at radius 2 is 2.10 bits per heavy atom. The van der Waals surface area contributed by atoms with Gasteiger partial charge in [0.25, 0.3) is 0 Å². The molecule has 39 heavy (non-hydrogen) atoms. The van der Waals surface area contributed by atoms with Crippen LogP contribution in [0.2, 0.25) is 0 Å². The van der Waals surface area contributed by atoms with Gasteiger partial charge in [-0.3, -0.25) is 14.5 Å². The van der Waals surface area contributed by atoms with Crippen molar-refractivity contribution < 1.29 is 19.2 Å². The second-order valence-corrected chi connectivity index (χ2v) is 13.1.